The number of amides is 1. The first-order valence-electron chi connectivity index (χ1n) is 6.48. The van der Waals surface area contributed by atoms with E-state index in [0.29, 0.717) is 19.4 Å². The van der Waals surface area contributed by atoms with Crippen LogP contribution in [0.25, 0.3) is 0 Å². The van der Waals surface area contributed by atoms with Crippen molar-refractivity contribution >= 4 is 11.6 Å². The van der Waals surface area contributed by atoms with Crippen LogP contribution in [0, 0.1) is 11.6 Å². The molecule has 1 fully saturated rings. The smallest absolute Gasteiger partial charge is 0.254 e. The molecule has 1 atom stereocenters. The maximum absolute atomic E-state index is 13.8. The van der Waals surface area contributed by atoms with E-state index in [1.54, 1.807) is 0 Å². The molecule has 0 radical (unpaired) electrons. The molecule has 1 unspecified atom stereocenters. The van der Waals surface area contributed by atoms with E-state index in [1.807, 2.05) is 13.8 Å². The summed E-state index contributed by atoms with van der Waals surface area (Å²) in [6, 6.07) is 1.57. The number of hydrogen-bond acceptors (Lipinski definition) is 3. The van der Waals surface area contributed by atoms with Gasteiger partial charge < -0.3 is 15.8 Å². The van der Waals surface area contributed by atoms with Gasteiger partial charge in [0.2, 0.25) is 0 Å². The fraction of sp³-hybridized carbons (Fsp3) is 0.500. The third-order valence-electron chi connectivity index (χ3n) is 3.34. The second-order valence-electron chi connectivity index (χ2n) is 5.63. The van der Waals surface area contributed by atoms with E-state index in [-0.39, 0.29) is 22.9 Å². The van der Waals surface area contributed by atoms with Crippen molar-refractivity contribution in [3.8, 4) is 0 Å². The maximum Gasteiger partial charge on any atom is 0.254 e. The van der Waals surface area contributed by atoms with Crippen LogP contribution in [0.4, 0.5) is 14.5 Å². The largest absolute Gasteiger partial charge is 0.396 e. The number of carbonyl (C=O) groups is 1. The van der Waals surface area contributed by atoms with Crippen molar-refractivity contribution in [3.63, 3.8) is 0 Å². The average molecular weight is 284 g/mol. The van der Waals surface area contributed by atoms with Gasteiger partial charge in [-0.1, -0.05) is 0 Å². The molecule has 110 valence electrons. The van der Waals surface area contributed by atoms with Crippen molar-refractivity contribution in [2.45, 2.75) is 38.3 Å². The van der Waals surface area contributed by atoms with Crippen molar-refractivity contribution in [1.82, 2.24) is 5.32 Å². The molecule has 1 aromatic carbocycles. The van der Waals surface area contributed by atoms with Crippen LogP contribution in [0.2, 0.25) is 0 Å². The summed E-state index contributed by atoms with van der Waals surface area (Å²) in [7, 11) is 0. The molecule has 0 aliphatic carbocycles. The number of rotatable bonds is 2. The van der Waals surface area contributed by atoms with Gasteiger partial charge in [-0.15, -0.1) is 0 Å². The van der Waals surface area contributed by atoms with Gasteiger partial charge in [0, 0.05) is 12.6 Å². The fourth-order valence-corrected chi connectivity index (χ4v) is 2.39. The van der Waals surface area contributed by atoms with E-state index < -0.39 is 17.5 Å². The predicted molar refractivity (Wildman–Crippen MR) is 71.3 cm³/mol. The van der Waals surface area contributed by atoms with E-state index in [1.165, 1.54) is 0 Å². The van der Waals surface area contributed by atoms with Crippen LogP contribution < -0.4 is 11.1 Å². The minimum absolute atomic E-state index is 0.129. The van der Waals surface area contributed by atoms with Gasteiger partial charge in [0.15, 0.2) is 5.82 Å². The summed E-state index contributed by atoms with van der Waals surface area (Å²) in [4.78, 5) is 12.0. The fourth-order valence-electron chi connectivity index (χ4n) is 2.39. The zero-order valence-corrected chi connectivity index (χ0v) is 11.5. The van der Waals surface area contributed by atoms with Crippen molar-refractivity contribution in [2.75, 3.05) is 12.3 Å². The lowest BCUT2D eigenvalue weighted by atomic mass is 9.93. The number of benzene rings is 1. The molecule has 4 nitrogen and oxygen atoms in total. The number of anilines is 1. The summed E-state index contributed by atoms with van der Waals surface area (Å²) in [6.07, 6.45) is 1.26. The maximum atomic E-state index is 13.8. The summed E-state index contributed by atoms with van der Waals surface area (Å²) >= 11 is 0. The standard InChI is InChI=1S/C14H18F2N2O2/c1-14(2)7-9(3-4-20-14)18-13(19)10-5-8(15)6-11(17)12(10)16/h5-6,9H,3-4,7,17H2,1-2H3,(H,18,19). The molecular weight excluding hydrogens is 266 g/mol. The second kappa shape index (κ2) is 5.36. The molecule has 1 aliphatic heterocycles. The monoisotopic (exact) mass is 284 g/mol. The normalized spacial score (nSPS) is 21.5. The molecule has 1 heterocycles. The molecule has 1 amide bonds. The van der Waals surface area contributed by atoms with E-state index in [4.69, 9.17) is 10.5 Å². The zero-order chi connectivity index (χ0) is 14.9. The zero-order valence-electron chi connectivity index (χ0n) is 11.5. The summed E-state index contributed by atoms with van der Waals surface area (Å²) in [5.74, 6) is -2.28. The number of nitrogen functional groups attached to an aromatic ring is 1. The lowest BCUT2D eigenvalue weighted by Crippen LogP contribution is -2.46. The Hall–Kier alpha value is -1.69. The molecule has 0 bridgehead atoms. The Morgan fingerprint density at radius 3 is 2.80 bits per heavy atom. The van der Waals surface area contributed by atoms with Gasteiger partial charge in [-0.05, 0) is 38.8 Å². The van der Waals surface area contributed by atoms with Crippen LogP contribution in [0.5, 0.6) is 0 Å². The molecule has 1 saturated heterocycles. The topological polar surface area (TPSA) is 64.4 Å². The van der Waals surface area contributed by atoms with Gasteiger partial charge in [0.25, 0.3) is 5.91 Å². The molecule has 0 spiro atoms. The van der Waals surface area contributed by atoms with Crippen LogP contribution in [0.15, 0.2) is 12.1 Å². The highest BCUT2D eigenvalue weighted by molar-refractivity contribution is 5.95. The summed E-state index contributed by atoms with van der Waals surface area (Å²) < 4.78 is 32.5. The first-order valence-corrected chi connectivity index (χ1v) is 6.48. The van der Waals surface area contributed by atoms with Crippen LogP contribution >= 0.6 is 0 Å². The highest BCUT2D eigenvalue weighted by Gasteiger charge is 2.30. The Morgan fingerprint density at radius 1 is 1.45 bits per heavy atom. The van der Waals surface area contributed by atoms with E-state index >= 15 is 0 Å². The highest BCUT2D eigenvalue weighted by atomic mass is 19.1. The Bertz CT molecular complexity index is 532. The lowest BCUT2D eigenvalue weighted by molar-refractivity contribution is -0.0615. The number of halogens is 2. The number of nitrogens with one attached hydrogen (secondary N) is 1. The number of nitrogens with two attached hydrogens (primary N) is 1. The van der Waals surface area contributed by atoms with Crippen molar-refractivity contribution in [1.29, 1.82) is 0 Å². The molecule has 1 aliphatic rings. The number of hydrogen-bond donors (Lipinski definition) is 2. The van der Waals surface area contributed by atoms with Gasteiger partial charge in [0.1, 0.15) is 5.82 Å². The third-order valence-corrected chi connectivity index (χ3v) is 3.34. The molecule has 3 N–H and O–H groups in total. The molecule has 0 aromatic heterocycles. The van der Waals surface area contributed by atoms with Gasteiger partial charge in [-0.25, -0.2) is 8.78 Å². The minimum atomic E-state index is -0.893. The Balaban J connectivity index is 2.13. The van der Waals surface area contributed by atoms with Crippen LogP contribution in [0.3, 0.4) is 0 Å². The predicted octanol–water partition coefficient (Wildman–Crippen LogP) is 2.23. The Kier molecular flexibility index (Phi) is 3.94. The van der Waals surface area contributed by atoms with Crippen molar-refractivity contribution in [2.24, 2.45) is 0 Å². The SMILES string of the molecule is CC1(C)CC(NC(=O)c2cc(F)cc(N)c2F)CCO1. The van der Waals surface area contributed by atoms with Gasteiger partial charge >= 0.3 is 0 Å². The Labute approximate surface area is 116 Å². The molecule has 2 rings (SSSR count). The molecule has 20 heavy (non-hydrogen) atoms. The Morgan fingerprint density at radius 2 is 2.15 bits per heavy atom. The van der Waals surface area contributed by atoms with E-state index in [2.05, 4.69) is 5.32 Å². The molecular formula is C14H18F2N2O2. The molecule has 6 heteroatoms. The van der Waals surface area contributed by atoms with Gasteiger partial charge in [-0.3, -0.25) is 4.79 Å². The van der Waals surface area contributed by atoms with Crippen LogP contribution in [0.1, 0.15) is 37.0 Å². The van der Waals surface area contributed by atoms with Gasteiger partial charge in [0.05, 0.1) is 16.9 Å². The number of ether oxygens (including phenoxy) is 1. The van der Waals surface area contributed by atoms with Gasteiger partial charge in [-0.2, -0.15) is 0 Å². The lowest BCUT2D eigenvalue weighted by Gasteiger charge is -2.35. The number of carbonyl (C=O) groups excluding carboxylic acids is 1. The van der Waals surface area contributed by atoms with E-state index in [0.717, 1.165) is 12.1 Å². The van der Waals surface area contributed by atoms with E-state index in [9.17, 15) is 13.6 Å². The summed E-state index contributed by atoms with van der Waals surface area (Å²) in [5.41, 5.74) is 4.24. The molecule has 1 aromatic rings. The third kappa shape index (κ3) is 3.25. The van der Waals surface area contributed by atoms with Crippen LogP contribution in [-0.4, -0.2) is 24.2 Å². The summed E-state index contributed by atoms with van der Waals surface area (Å²) in [6.45, 7) is 4.36. The minimum Gasteiger partial charge on any atom is -0.396 e. The first kappa shape index (κ1) is 14.7. The molecule has 0 saturated carbocycles. The second-order valence-corrected chi connectivity index (χ2v) is 5.63. The van der Waals surface area contributed by atoms with Crippen molar-refractivity contribution < 1.29 is 18.3 Å². The average Bonchev–Trinajstić information content (AvgIpc) is 2.32. The highest BCUT2D eigenvalue weighted by Crippen LogP contribution is 2.24. The first-order chi connectivity index (χ1) is 9.28. The quantitative estimate of drug-likeness (QED) is 0.819. The summed E-state index contributed by atoms with van der Waals surface area (Å²) in [5, 5.41) is 2.70. The van der Waals surface area contributed by atoms with Crippen molar-refractivity contribution in [3.05, 3.63) is 29.3 Å². The van der Waals surface area contributed by atoms with Crippen LogP contribution in [-0.2, 0) is 4.74 Å².